The molecule has 2 aromatic rings. The maximum atomic E-state index is 11.8. The number of ether oxygens (including phenoxy) is 1. The molecule has 0 amide bonds. The Hall–Kier alpha value is -2.09. The van der Waals surface area contributed by atoms with Crippen molar-refractivity contribution in [2.24, 2.45) is 5.73 Å². The van der Waals surface area contributed by atoms with Crippen molar-refractivity contribution in [3.63, 3.8) is 0 Å². The highest BCUT2D eigenvalue weighted by Crippen LogP contribution is 2.18. The van der Waals surface area contributed by atoms with E-state index in [4.69, 9.17) is 10.5 Å². The normalized spacial score (nSPS) is 19.9. The number of imidazole rings is 1. The van der Waals surface area contributed by atoms with Gasteiger partial charge in [-0.05, 0) is 12.8 Å². The van der Waals surface area contributed by atoms with Gasteiger partial charge >= 0.3 is 0 Å². The van der Waals surface area contributed by atoms with E-state index in [1.807, 2.05) is 4.90 Å². The number of aromatic nitrogens is 4. The van der Waals surface area contributed by atoms with Crippen LogP contribution in [0.3, 0.4) is 0 Å². The number of hydrogen-bond donors (Lipinski definition) is 3. The number of nitrogens with two attached hydrogens (primary N) is 1. The SMILES string of the molecule is COc1nc2nc(N3CCCC(N)C3)[nH]c2c(=O)[nH]1. The summed E-state index contributed by atoms with van der Waals surface area (Å²) in [4.78, 5) is 27.9. The van der Waals surface area contributed by atoms with Crippen molar-refractivity contribution < 1.29 is 4.74 Å². The van der Waals surface area contributed by atoms with Crippen molar-refractivity contribution in [3.8, 4) is 6.01 Å². The molecule has 1 fully saturated rings. The first-order chi connectivity index (χ1) is 9.17. The van der Waals surface area contributed by atoms with Crippen molar-refractivity contribution in [1.29, 1.82) is 0 Å². The Morgan fingerprint density at radius 1 is 1.42 bits per heavy atom. The van der Waals surface area contributed by atoms with E-state index in [2.05, 4.69) is 19.9 Å². The van der Waals surface area contributed by atoms with Crippen molar-refractivity contribution >= 4 is 17.1 Å². The fraction of sp³-hybridized carbons (Fsp3) is 0.545. The Morgan fingerprint density at radius 3 is 3.00 bits per heavy atom. The van der Waals surface area contributed by atoms with Crippen LogP contribution in [0.1, 0.15) is 12.8 Å². The van der Waals surface area contributed by atoms with E-state index >= 15 is 0 Å². The Labute approximate surface area is 109 Å². The smallest absolute Gasteiger partial charge is 0.298 e. The molecule has 1 saturated heterocycles. The average molecular weight is 264 g/mol. The summed E-state index contributed by atoms with van der Waals surface area (Å²) in [5, 5.41) is 0. The predicted octanol–water partition coefficient (Wildman–Crippen LogP) is -0.418. The van der Waals surface area contributed by atoms with Crippen molar-refractivity contribution in [2.45, 2.75) is 18.9 Å². The third-order valence-corrected chi connectivity index (χ3v) is 3.28. The van der Waals surface area contributed by atoms with Crippen LogP contribution in [0.25, 0.3) is 11.2 Å². The van der Waals surface area contributed by atoms with E-state index in [0.29, 0.717) is 17.1 Å². The summed E-state index contributed by atoms with van der Waals surface area (Å²) >= 11 is 0. The lowest BCUT2D eigenvalue weighted by Gasteiger charge is -2.30. The van der Waals surface area contributed by atoms with Crippen LogP contribution in [-0.2, 0) is 0 Å². The van der Waals surface area contributed by atoms with E-state index in [1.165, 1.54) is 7.11 Å². The van der Waals surface area contributed by atoms with Crippen LogP contribution >= 0.6 is 0 Å². The Kier molecular flexibility index (Phi) is 2.86. The zero-order valence-corrected chi connectivity index (χ0v) is 10.6. The molecule has 8 nitrogen and oxygen atoms in total. The fourth-order valence-corrected chi connectivity index (χ4v) is 2.32. The fourth-order valence-electron chi connectivity index (χ4n) is 2.32. The zero-order chi connectivity index (χ0) is 13.4. The Balaban J connectivity index is 2.01. The number of methoxy groups -OCH3 is 1. The van der Waals surface area contributed by atoms with Gasteiger partial charge in [-0.15, -0.1) is 0 Å². The maximum Gasteiger partial charge on any atom is 0.298 e. The first-order valence-electron chi connectivity index (χ1n) is 6.22. The van der Waals surface area contributed by atoms with Crippen molar-refractivity contribution in [2.75, 3.05) is 25.1 Å². The van der Waals surface area contributed by atoms with Crippen molar-refractivity contribution in [3.05, 3.63) is 10.4 Å². The van der Waals surface area contributed by atoms with Crippen LogP contribution in [0, 0.1) is 0 Å². The van der Waals surface area contributed by atoms with E-state index < -0.39 is 0 Å². The van der Waals surface area contributed by atoms with Gasteiger partial charge in [0, 0.05) is 19.1 Å². The molecule has 1 atom stereocenters. The van der Waals surface area contributed by atoms with Gasteiger partial charge in [-0.3, -0.25) is 9.78 Å². The molecule has 1 aliphatic heterocycles. The summed E-state index contributed by atoms with van der Waals surface area (Å²) in [5.74, 6) is 0.636. The van der Waals surface area contributed by atoms with E-state index in [1.54, 1.807) is 0 Å². The molecule has 3 heterocycles. The minimum absolute atomic E-state index is 0.141. The van der Waals surface area contributed by atoms with Gasteiger partial charge < -0.3 is 20.4 Å². The number of H-pyrrole nitrogens is 2. The van der Waals surface area contributed by atoms with Crippen LogP contribution in [0.2, 0.25) is 0 Å². The molecular formula is C11H16N6O2. The molecule has 0 radical (unpaired) electrons. The lowest BCUT2D eigenvalue weighted by atomic mass is 10.1. The molecule has 0 bridgehead atoms. The summed E-state index contributed by atoms with van der Waals surface area (Å²) in [6.07, 6.45) is 2.04. The lowest BCUT2D eigenvalue weighted by molar-refractivity contribution is 0.380. The number of nitrogens with one attached hydrogen (secondary N) is 2. The summed E-state index contributed by atoms with van der Waals surface area (Å²) < 4.78 is 4.92. The number of aromatic amines is 2. The number of rotatable bonds is 2. The molecule has 0 aliphatic carbocycles. The second-order valence-corrected chi connectivity index (χ2v) is 4.68. The highest BCUT2D eigenvalue weighted by molar-refractivity contribution is 5.72. The van der Waals surface area contributed by atoms with Gasteiger partial charge in [0.1, 0.15) is 0 Å². The maximum absolute atomic E-state index is 11.8. The highest BCUT2D eigenvalue weighted by Gasteiger charge is 2.20. The van der Waals surface area contributed by atoms with Crippen LogP contribution < -0.4 is 20.9 Å². The summed E-state index contributed by atoms with van der Waals surface area (Å²) in [5.41, 5.74) is 6.37. The first kappa shape index (κ1) is 12.0. The Bertz CT molecular complexity index is 648. The number of hydrogen-bond acceptors (Lipinski definition) is 6. The average Bonchev–Trinajstić information content (AvgIpc) is 2.83. The lowest BCUT2D eigenvalue weighted by Crippen LogP contribution is -2.43. The third-order valence-electron chi connectivity index (χ3n) is 3.28. The molecule has 2 aromatic heterocycles. The second-order valence-electron chi connectivity index (χ2n) is 4.68. The summed E-state index contributed by atoms with van der Waals surface area (Å²) in [7, 11) is 1.45. The van der Waals surface area contributed by atoms with Crippen LogP contribution in [0.15, 0.2) is 4.79 Å². The monoisotopic (exact) mass is 264 g/mol. The molecule has 3 rings (SSSR count). The van der Waals surface area contributed by atoms with E-state index in [9.17, 15) is 4.79 Å². The van der Waals surface area contributed by atoms with Gasteiger partial charge in [0.2, 0.25) is 5.95 Å². The molecule has 0 aromatic carbocycles. The molecule has 0 saturated carbocycles. The largest absolute Gasteiger partial charge is 0.468 e. The van der Waals surface area contributed by atoms with E-state index in [-0.39, 0.29) is 17.6 Å². The predicted molar refractivity (Wildman–Crippen MR) is 70.5 cm³/mol. The summed E-state index contributed by atoms with van der Waals surface area (Å²) in [6.45, 7) is 1.61. The van der Waals surface area contributed by atoms with Crippen LogP contribution in [0.4, 0.5) is 5.95 Å². The number of piperidine rings is 1. The summed E-state index contributed by atoms with van der Waals surface area (Å²) in [6, 6.07) is 0.300. The van der Waals surface area contributed by atoms with Gasteiger partial charge in [-0.1, -0.05) is 0 Å². The highest BCUT2D eigenvalue weighted by atomic mass is 16.5. The minimum Gasteiger partial charge on any atom is -0.468 e. The van der Waals surface area contributed by atoms with Gasteiger partial charge in [-0.2, -0.15) is 9.97 Å². The molecule has 1 unspecified atom stereocenters. The molecule has 0 spiro atoms. The molecule has 102 valence electrons. The number of fused-ring (bicyclic) bond motifs is 1. The standard InChI is InChI=1S/C11H16N6O2/c1-19-11-15-8-7(9(18)16-11)13-10(14-8)17-4-2-3-6(12)5-17/h6H,2-5,12H2,1H3,(H2,13,14,15,16,18). The van der Waals surface area contributed by atoms with Crippen molar-refractivity contribution in [1.82, 2.24) is 19.9 Å². The molecule has 8 heteroatoms. The quantitative estimate of drug-likeness (QED) is 0.679. The molecule has 1 aliphatic rings. The van der Waals surface area contributed by atoms with Gasteiger partial charge in [0.05, 0.1) is 7.11 Å². The Morgan fingerprint density at radius 2 is 2.26 bits per heavy atom. The third kappa shape index (κ3) is 2.14. The number of nitrogens with zero attached hydrogens (tertiary/aromatic N) is 3. The first-order valence-corrected chi connectivity index (χ1v) is 6.22. The second kappa shape index (κ2) is 4.54. The molecular weight excluding hydrogens is 248 g/mol. The molecule has 19 heavy (non-hydrogen) atoms. The zero-order valence-electron chi connectivity index (χ0n) is 10.6. The molecule has 4 N–H and O–H groups in total. The van der Waals surface area contributed by atoms with Gasteiger partial charge in [0.25, 0.3) is 11.6 Å². The number of anilines is 1. The van der Waals surface area contributed by atoms with Gasteiger partial charge in [0.15, 0.2) is 11.2 Å². The van der Waals surface area contributed by atoms with Crippen LogP contribution in [0.5, 0.6) is 6.01 Å². The van der Waals surface area contributed by atoms with Gasteiger partial charge in [-0.25, -0.2) is 0 Å². The van der Waals surface area contributed by atoms with Crippen LogP contribution in [-0.4, -0.2) is 46.2 Å². The topological polar surface area (TPSA) is 113 Å². The minimum atomic E-state index is -0.290. The van der Waals surface area contributed by atoms with E-state index in [0.717, 1.165) is 25.9 Å².